The molecule has 0 spiro atoms. The van der Waals surface area contributed by atoms with Crippen molar-refractivity contribution in [1.82, 2.24) is 9.88 Å². The average molecular weight is 403 g/mol. The van der Waals surface area contributed by atoms with Crippen LogP contribution in [0.4, 0.5) is 5.13 Å². The molecule has 0 aliphatic carbocycles. The van der Waals surface area contributed by atoms with Crippen molar-refractivity contribution in [2.75, 3.05) is 18.4 Å². The summed E-state index contributed by atoms with van der Waals surface area (Å²) in [5, 5.41) is 14.8. The zero-order chi connectivity index (χ0) is 20.1. The van der Waals surface area contributed by atoms with E-state index in [1.54, 1.807) is 6.20 Å². The van der Waals surface area contributed by atoms with Crippen LogP contribution in [0.5, 0.6) is 0 Å². The third-order valence-electron chi connectivity index (χ3n) is 5.26. The molecular formula is C23H22N4OS. The third kappa shape index (κ3) is 4.70. The van der Waals surface area contributed by atoms with Gasteiger partial charge in [-0.15, -0.1) is 11.3 Å². The number of nitrogens with zero attached hydrogens (tertiary/aromatic N) is 3. The summed E-state index contributed by atoms with van der Waals surface area (Å²) in [5.74, 6) is 0.0579. The van der Waals surface area contributed by atoms with Gasteiger partial charge < -0.3 is 5.32 Å². The van der Waals surface area contributed by atoms with Gasteiger partial charge in [-0.3, -0.25) is 9.69 Å². The Hall–Kier alpha value is -3.01. The molecule has 1 amide bonds. The SMILES string of the molecule is N#Cc1ccccc1-c1ccc(CN2CCCC(C(=O)Nc3nccs3)C2)cc1. The van der Waals surface area contributed by atoms with Gasteiger partial charge in [-0.25, -0.2) is 4.98 Å². The Labute approximate surface area is 174 Å². The fraction of sp³-hybridized carbons (Fsp3) is 0.261. The largest absolute Gasteiger partial charge is 0.302 e. The number of benzene rings is 2. The number of piperidine rings is 1. The van der Waals surface area contributed by atoms with Crippen molar-refractivity contribution >= 4 is 22.4 Å². The highest BCUT2D eigenvalue weighted by atomic mass is 32.1. The Morgan fingerprint density at radius 3 is 2.83 bits per heavy atom. The van der Waals surface area contributed by atoms with E-state index >= 15 is 0 Å². The fourth-order valence-corrected chi connectivity index (χ4v) is 4.32. The standard InChI is InChI=1S/C23H22N4OS/c24-14-19-4-1-2-6-21(19)18-9-7-17(8-10-18)15-27-12-3-5-20(16-27)22(28)26-23-25-11-13-29-23/h1-2,4,6-11,13,20H,3,5,12,15-16H2,(H,25,26,28). The van der Waals surface area contributed by atoms with Crippen molar-refractivity contribution in [2.24, 2.45) is 5.92 Å². The van der Waals surface area contributed by atoms with Crippen LogP contribution in [0.15, 0.2) is 60.1 Å². The molecule has 0 radical (unpaired) electrons. The topological polar surface area (TPSA) is 69.0 Å². The lowest BCUT2D eigenvalue weighted by molar-refractivity contribution is -0.121. The molecule has 1 aromatic heterocycles. The van der Waals surface area contributed by atoms with Crippen LogP contribution in [-0.4, -0.2) is 28.9 Å². The second kappa shape index (κ2) is 8.99. The maximum Gasteiger partial charge on any atom is 0.230 e. The molecule has 6 heteroatoms. The lowest BCUT2D eigenvalue weighted by atomic mass is 9.96. The monoisotopic (exact) mass is 402 g/mol. The van der Waals surface area contributed by atoms with Gasteiger partial charge in [0.25, 0.3) is 0 Å². The molecule has 0 saturated carbocycles. The second-order valence-electron chi connectivity index (χ2n) is 7.26. The van der Waals surface area contributed by atoms with Crippen LogP contribution in [0.1, 0.15) is 24.0 Å². The van der Waals surface area contributed by atoms with Crippen LogP contribution in [-0.2, 0) is 11.3 Å². The fourth-order valence-electron chi connectivity index (χ4n) is 3.79. The molecule has 2 heterocycles. The summed E-state index contributed by atoms with van der Waals surface area (Å²) in [6.07, 6.45) is 3.63. The molecular weight excluding hydrogens is 380 g/mol. The first kappa shape index (κ1) is 19.3. The minimum absolute atomic E-state index is 0.00516. The van der Waals surface area contributed by atoms with E-state index in [4.69, 9.17) is 0 Å². The van der Waals surface area contributed by atoms with E-state index in [2.05, 4.69) is 45.5 Å². The average Bonchev–Trinajstić information content (AvgIpc) is 3.27. The minimum Gasteiger partial charge on any atom is -0.302 e. The van der Waals surface area contributed by atoms with E-state index in [-0.39, 0.29) is 11.8 Å². The first-order valence-electron chi connectivity index (χ1n) is 9.74. The van der Waals surface area contributed by atoms with Gasteiger partial charge in [-0.05, 0) is 42.1 Å². The summed E-state index contributed by atoms with van der Waals surface area (Å²) in [7, 11) is 0. The molecule has 4 rings (SSSR count). The van der Waals surface area contributed by atoms with Crippen molar-refractivity contribution in [3.63, 3.8) is 0 Å². The number of likely N-dealkylation sites (tertiary alicyclic amines) is 1. The normalized spacial score (nSPS) is 16.9. The number of nitrogens with one attached hydrogen (secondary N) is 1. The van der Waals surface area contributed by atoms with Gasteiger partial charge in [0.15, 0.2) is 5.13 Å². The number of carbonyl (C=O) groups is 1. The molecule has 5 nitrogen and oxygen atoms in total. The number of aromatic nitrogens is 1. The predicted octanol–water partition coefficient (Wildman–Crippen LogP) is 4.53. The minimum atomic E-state index is -0.00516. The first-order valence-corrected chi connectivity index (χ1v) is 10.6. The lowest BCUT2D eigenvalue weighted by Crippen LogP contribution is -2.40. The maximum atomic E-state index is 12.5. The summed E-state index contributed by atoms with van der Waals surface area (Å²) in [6, 6.07) is 18.3. The molecule has 1 aliphatic rings. The van der Waals surface area contributed by atoms with Crippen LogP contribution >= 0.6 is 11.3 Å². The van der Waals surface area contributed by atoms with Gasteiger partial charge in [0, 0.05) is 24.7 Å². The van der Waals surface area contributed by atoms with E-state index < -0.39 is 0 Å². The Morgan fingerprint density at radius 2 is 2.07 bits per heavy atom. The number of nitriles is 1. The summed E-state index contributed by atoms with van der Waals surface area (Å²) in [4.78, 5) is 19.0. The molecule has 1 fully saturated rings. The van der Waals surface area contributed by atoms with E-state index in [0.29, 0.717) is 10.7 Å². The van der Waals surface area contributed by atoms with Gasteiger partial charge in [0.05, 0.1) is 17.6 Å². The zero-order valence-electron chi connectivity index (χ0n) is 16.0. The predicted molar refractivity (Wildman–Crippen MR) is 115 cm³/mol. The van der Waals surface area contributed by atoms with Crippen LogP contribution in [0, 0.1) is 17.2 Å². The molecule has 1 saturated heterocycles. The van der Waals surface area contributed by atoms with Crippen LogP contribution in [0.2, 0.25) is 0 Å². The van der Waals surface area contributed by atoms with E-state index in [9.17, 15) is 10.1 Å². The van der Waals surface area contributed by atoms with Crippen molar-refractivity contribution in [3.8, 4) is 17.2 Å². The molecule has 1 unspecified atom stereocenters. The highest BCUT2D eigenvalue weighted by Crippen LogP contribution is 2.25. The molecule has 1 N–H and O–H groups in total. The number of hydrogen-bond donors (Lipinski definition) is 1. The third-order valence-corrected chi connectivity index (χ3v) is 5.95. The molecule has 1 aliphatic heterocycles. The van der Waals surface area contributed by atoms with Crippen LogP contribution in [0.3, 0.4) is 0 Å². The van der Waals surface area contributed by atoms with E-state index in [1.807, 2.05) is 29.6 Å². The summed E-state index contributed by atoms with van der Waals surface area (Å²) < 4.78 is 0. The Balaban J connectivity index is 1.39. The van der Waals surface area contributed by atoms with E-state index in [1.165, 1.54) is 16.9 Å². The van der Waals surface area contributed by atoms with Gasteiger partial charge in [0.2, 0.25) is 5.91 Å². The Bertz CT molecular complexity index is 1010. The van der Waals surface area contributed by atoms with Crippen LogP contribution < -0.4 is 5.32 Å². The first-order chi connectivity index (χ1) is 14.2. The summed E-state index contributed by atoms with van der Waals surface area (Å²) in [6.45, 7) is 2.58. The van der Waals surface area contributed by atoms with E-state index in [0.717, 1.165) is 43.6 Å². The highest BCUT2D eigenvalue weighted by molar-refractivity contribution is 7.13. The summed E-state index contributed by atoms with van der Waals surface area (Å²) >= 11 is 1.44. The Kier molecular flexibility index (Phi) is 5.99. The molecule has 1 atom stereocenters. The maximum absolute atomic E-state index is 12.5. The quantitative estimate of drug-likeness (QED) is 0.681. The van der Waals surface area contributed by atoms with Crippen molar-refractivity contribution in [3.05, 3.63) is 71.2 Å². The van der Waals surface area contributed by atoms with Crippen LogP contribution in [0.25, 0.3) is 11.1 Å². The van der Waals surface area contributed by atoms with Crippen molar-refractivity contribution in [2.45, 2.75) is 19.4 Å². The number of anilines is 1. The van der Waals surface area contributed by atoms with Gasteiger partial charge in [0.1, 0.15) is 0 Å². The summed E-state index contributed by atoms with van der Waals surface area (Å²) in [5.41, 5.74) is 3.90. The molecule has 0 bridgehead atoms. The smallest absolute Gasteiger partial charge is 0.230 e. The van der Waals surface area contributed by atoms with Gasteiger partial charge in [-0.1, -0.05) is 42.5 Å². The lowest BCUT2D eigenvalue weighted by Gasteiger charge is -2.31. The van der Waals surface area contributed by atoms with Crippen molar-refractivity contribution < 1.29 is 4.79 Å². The van der Waals surface area contributed by atoms with Gasteiger partial charge >= 0.3 is 0 Å². The van der Waals surface area contributed by atoms with Gasteiger partial charge in [-0.2, -0.15) is 5.26 Å². The number of thiazole rings is 1. The molecule has 146 valence electrons. The molecule has 2 aromatic carbocycles. The molecule has 29 heavy (non-hydrogen) atoms. The number of carbonyl (C=O) groups excluding carboxylic acids is 1. The highest BCUT2D eigenvalue weighted by Gasteiger charge is 2.26. The second-order valence-corrected chi connectivity index (χ2v) is 8.15. The Morgan fingerprint density at radius 1 is 1.24 bits per heavy atom. The number of amides is 1. The van der Waals surface area contributed by atoms with Crippen molar-refractivity contribution in [1.29, 1.82) is 5.26 Å². The number of rotatable bonds is 5. The zero-order valence-corrected chi connectivity index (χ0v) is 16.9. The number of hydrogen-bond acceptors (Lipinski definition) is 5. The molecule has 3 aromatic rings.